The van der Waals surface area contributed by atoms with Crippen molar-refractivity contribution in [1.82, 2.24) is 0 Å². The van der Waals surface area contributed by atoms with Gasteiger partial charge in [-0.3, -0.25) is 0 Å². The molecule has 0 spiro atoms. The summed E-state index contributed by atoms with van der Waals surface area (Å²) in [5.74, 6) is 1.16. The van der Waals surface area contributed by atoms with E-state index in [0.717, 1.165) is 18.8 Å². The molecule has 1 aliphatic carbocycles. The van der Waals surface area contributed by atoms with Crippen molar-refractivity contribution in [3.63, 3.8) is 0 Å². The van der Waals surface area contributed by atoms with Crippen LogP contribution in [0.3, 0.4) is 0 Å². The third-order valence-electron chi connectivity index (χ3n) is 3.94. The molecule has 1 fully saturated rings. The predicted molar refractivity (Wildman–Crippen MR) is 58.2 cm³/mol. The van der Waals surface area contributed by atoms with Crippen molar-refractivity contribution < 1.29 is 9.84 Å². The molecule has 0 heterocycles. The number of rotatable bonds is 3. The molecule has 4 unspecified atom stereocenters. The standard InChI is InChI=1S/C12H24O2/c1-9-6-5-7-11(8-9)12(3,13)10(2)14-4/h9-11,13H,5-8H2,1-4H3. The number of methoxy groups -OCH3 is 1. The van der Waals surface area contributed by atoms with Gasteiger partial charge in [-0.05, 0) is 38.5 Å². The van der Waals surface area contributed by atoms with Gasteiger partial charge in [0.2, 0.25) is 0 Å². The lowest BCUT2D eigenvalue weighted by atomic mass is 9.72. The molecule has 0 radical (unpaired) electrons. The molecule has 0 saturated heterocycles. The Morgan fingerprint density at radius 1 is 1.43 bits per heavy atom. The average Bonchev–Trinajstić information content (AvgIpc) is 2.16. The summed E-state index contributed by atoms with van der Waals surface area (Å²) in [6.45, 7) is 6.16. The molecule has 1 saturated carbocycles. The first-order valence-electron chi connectivity index (χ1n) is 5.73. The van der Waals surface area contributed by atoms with Gasteiger partial charge >= 0.3 is 0 Å². The zero-order chi connectivity index (χ0) is 10.8. The Hall–Kier alpha value is -0.0800. The summed E-state index contributed by atoms with van der Waals surface area (Å²) in [7, 11) is 1.67. The highest BCUT2D eigenvalue weighted by molar-refractivity contribution is 4.90. The summed E-state index contributed by atoms with van der Waals surface area (Å²) in [6, 6.07) is 0. The van der Waals surface area contributed by atoms with E-state index in [1.165, 1.54) is 12.8 Å². The van der Waals surface area contributed by atoms with Crippen LogP contribution >= 0.6 is 0 Å². The van der Waals surface area contributed by atoms with Crippen LogP contribution in [0.2, 0.25) is 0 Å². The maximum absolute atomic E-state index is 10.4. The topological polar surface area (TPSA) is 29.5 Å². The Bertz CT molecular complexity index is 177. The zero-order valence-electron chi connectivity index (χ0n) is 9.92. The maximum Gasteiger partial charge on any atom is 0.0905 e. The summed E-state index contributed by atoms with van der Waals surface area (Å²) in [6.07, 6.45) is 4.77. The lowest BCUT2D eigenvalue weighted by Crippen LogP contribution is -2.47. The molecule has 0 aliphatic heterocycles. The van der Waals surface area contributed by atoms with Crippen LogP contribution in [0.1, 0.15) is 46.5 Å². The molecular formula is C12H24O2. The van der Waals surface area contributed by atoms with E-state index in [1.807, 2.05) is 13.8 Å². The van der Waals surface area contributed by atoms with Crippen LogP contribution in [0.4, 0.5) is 0 Å². The van der Waals surface area contributed by atoms with Gasteiger partial charge in [0.15, 0.2) is 0 Å². The Labute approximate surface area is 87.7 Å². The molecule has 14 heavy (non-hydrogen) atoms. The van der Waals surface area contributed by atoms with E-state index in [4.69, 9.17) is 4.74 Å². The highest BCUT2D eigenvalue weighted by Crippen LogP contribution is 2.37. The van der Waals surface area contributed by atoms with Gasteiger partial charge in [-0.1, -0.05) is 19.8 Å². The van der Waals surface area contributed by atoms with Crippen LogP contribution in [0, 0.1) is 11.8 Å². The van der Waals surface area contributed by atoms with E-state index in [1.54, 1.807) is 7.11 Å². The van der Waals surface area contributed by atoms with Gasteiger partial charge in [0.05, 0.1) is 11.7 Å². The van der Waals surface area contributed by atoms with Crippen molar-refractivity contribution in [3.05, 3.63) is 0 Å². The highest BCUT2D eigenvalue weighted by Gasteiger charge is 2.39. The Balaban J connectivity index is 2.61. The van der Waals surface area contributed by atoms with E-state index < -0.39 is 5.60 Å². The Morgan fingerprint density at radius 3 is 2.57 bits per heavy atom. The monoisotopic (exact) mass is 200 g/mol. The number of ether oxygens (including phenoxy) is 1. The molecule has 0 aromatic rings. The van der Waals surface area contributed by atoms with Gasteiger partial charge in [0.25, 0.3) is 0 Å². The summed E-state index contributed by atoms with van der Waals surface area (Å²) < 4.78 is 5.25. The van der Waals surface area contributed by atoms with Crippen molar-refractivity contribution in [2.24, 2.45) is 11.8 Å². The first-order chi connectivity index (χ1) is 6.48. The van der Waals surface area contributed by atoms with Gasteiger partial charge < -0.3 is 9.84 Å². The van der Waals surface area contributed by atoms with Gasteiger partial charge in [-0.25, -0.2) is 0 Å². The molecule has 0 amide bonds. The number of hydrogen-bond acceptors (Lipinski definition) is 2. The normalized spacial score (nSPS) is 34.9. The highest BCUT2D eigenvalue weighted by atomic mass is 16.5. The van der Waals surface area contributed by atoms with E-state index in [-0.39, 0.29) is 6.10 Å². The number of aliphatic hydroxyl groups is 1. The molecule has 0 aromatic heterocycles. The minimum Gasteiger partial charge on any atom is -0.387 e. The second-order valence-electron chi connectivity index (χ2n) is 5.07. The van der Waals surface area contributed by atoms with E-state index in [2.05, 4.69) is 6.92 Å². The fraction of sp³-hybridized carbons (Fsp3) is 1.00. The molecule has 1 N–H and O–H groups in total. The Kier molecular flexibility index (Phi) is 3.96. The zero-order valence-corrected chi connectivity index (χ0v) is 9.92. The number of hydrogen-bond donors (Lipinski definition) is 1. The molecule has 0 bridgehead atoms. The van der Waals surface area contributed by atoms with Crippen LogP contribution in [-0.2, 0) is 4.74 Å². The molecule has 1 rings (SSSR count). The summed E-state index contributed by atoms with van der Waals surface area (Å²) >= 11 is 0. The molecule has 4 atom stereocenters. The lowest BCUT2D eigenvalue weighted by molar-refractivity contribution is -0.119. The third-order valence-corrected chi connectivity index (χ3v) is 3.94. The summed E-state index contributed by atoms with van der Waals surface area (Å²) in [4.78, 5) is 0. The van der Waals surface area contributed by atoms with E-state index in [0.29, 0.717) is 5.92 Å². The van der Waals surface area contributed by atoms with Crippen molar-refractivity contribution in [2.45, 2.75) is 58.2 Å². The smallest absolute Gasteiger partial charge is 0.0905 e. The van der Waals surface area contributed by atoms with Crippen LogP contribution in [0.15, 0.2) is 0 Å². The summed E-state index contributed by atoms with van der Waals surface area (Å²) in [5, 5.41) is 10.4. The molecule has 1 aliphatic rings. The fourth-order valence-electron chi connectivity index (χ4n) is 2.54. The van der Waals surface area contributed by atoms with Gasteiger partial charge in [-0.2, -0.15) is 0 Å². The second-order valence-corrected chi connectivity index (χ2v) is 5.07. The van der Waals surface area contributed by atoms with Gasteiger partial charge in [-0.15, -0.1) is 0 Å². The van der Waals surface area contributed by atoms with Crippen molar-refractivity contribution in [2.75, 3.05) is 7.11 Å². The molecule has 2 heteroatoms. The van der Waals surface area contributed by atoms with Crippen molar-refractivity contribution in [1.29, 1.82) is 0 Å². The van der Waals surface area contributed by atoms with Gasteiger partial charge in [0.1, 0.15) is 0 Å². The minimum atomic E-state index is -0.663. The largest absolute Gasteiger partial charge is 0.387 e. The Morgan fingerprint density at radius 2 is 2.07 bits per heavy atom. The predicted octanol–water partition coefficient (Wildman–Crippen LogP) is 2.60. The van der Waals surface area contributed by atoms with Crippen LogP contribution in [0.25, 0.3) is 0 Å². The fourth-order valence-corrected chi connectivity index (χ4v) is 2.54. The SMILES string of the molecule is COC(C)C(C)(O)C1CCCC(C)C1. The summed E-state index contributed by atoms with van der Waals surface area (Å²) in [5.41, 5.74) is -0.663. The molecule has 2 nitrogen and oxygen atoms in total. The van der Waals surface area contributed by atoms with Crippen molar-refractivity contribution >= 4 is 0 Å². The third kappa shape index (κ3) is 2.48. The average molecular weight is 200 g/mol. The van der Waals surface area contributed by atoms with Crippen LogP contribution in [-0.4, -0.2) is 23.9 Å². The van der Waals surface area contributed by atoms with Crippen LogP contribution < -0.4 is 0 Å². The van der Waals surface area contributed by atoms with Crippen molar-refractivity contribution in [3.8, 4) is 0 Å². The minimum absolute atomic E-state index is 0.0715. The van der Waals surface area contributed by atoms with E-state index in [9.17, 15) is 5.11 Å². The molecular weight excluding hydrogens is 176 g/mol. The first kappa shape index (κ1) is 12.0. The second kappa shape index (κ2) is 4.63. The lowest BCUT2D eigenvalue weighted by Gasteiger charge is -2.40. The first-order valence-corrected chi connectivity index (χ1v) is 5.73. The quantitative estimate of drug-likeness (QED) is 0.759. The van der Waals surface area contributed by atoms with Gasteiger partial charge in [0, 0.05) is 7.11 Å². The molecule has 0 aromatic carbocycles. The molecule has 84 valence electrons. The maximum atomic E-state index is 10.4. The van der Waals surface area contributed by atoms with E-state index >= 15 is 0 Å². The van der Waals surface area contributed by atoms with Crippen LogP contribution in [0.5, 0.6) is 0 Å².